The highest BCUT2D eigenvalue weighted by Crippen LogP contribution is 2.23. The van der Waals surface area contributed by atoms with Gasteiger partial charge in [-0.1, -0.05) is 48.8 Å². The third-order valence-electron chi connectivity index (χ3n) is 5.05. The number of hydrogen-bond donors (Lipinski definition) is 1. The molecular weight excluding hydrogens is 524 g/mol. The van der Waals surface area contributed by atoms with E-state index in [-0.39, 0.29) is 6.61 Å². The van der Waals surface area contributed by atoms with E-state index in [1.807, 2.05) is 31.2 Å². The molecule has 0 saturated heterocycles. The molecule has 0 unspecified atom stereocenters. The number of nitrogens with one attached hydrogen (secondary N) is 1. The molecule has 1 amide bonds. The highest BCUT2D eigenvalue weighted by Gasteiger charge is 2.12. The molecule has 0 aromatic heterocycles. The van der Waals surface area contributed by atoms with E-state index in [4.69, 9.17) is 14.2 Å². The van der Waals surface area contributed by atoms with Crippen LogP contribution >= 0.6 is 15.9 Å². The van der Waals surface area contributed by atoms with Crippen LogP contribution in [0.2, 0.25) is 0 Å². The van der Waals surface area contributed by atoms with Gasteiger partial charge >= 0.3 is 5.97 Å². The molecule has 0 spiro atoms. The maximum atomic E-state index is 12.6. The highest BCUT2D eigenvalue weighted by atomic mass is 79.9. The molecule has 0 aliphatic carbocycles. The Labute approximate surface area is 219 Å². The van der Waals surface area contributed by atoms with E-state index < -0.39 is 11.9 Å². The van der Waals surface area contributed by atoms with Crippen LogP contribution in [-0.2, 0) is 4.79 Å². The van der Waals surface area contributed by atoms with Gasteiger partial charge in [0, 0.05) is 10.0 Å². The Hall–Kier alpha value is -3.65. The Balaban J connectivity index is 1.57. The Morgan fingerprint density at radius 1 is 0.972 bits per heavy atom. The average molecular weight is 553 g/mol. The van der Waals surface area contributed by atoms with Gasteiger partial charge < -0.3 is 14.2 Å². The number of benzene rings is 3. The summed E-state index contributed by atoms with van der Waals surface area (Å²) in [6, 6.07) is 19.5. The summed E-state index contributed by atoms with van der Waals surface area (Å²) in [7, 11) is 0. The molecule has 0 heterocycles. The number of amides is 1. The number of rotatable bonds is 11. The average Bonchev–Trinajstić information content (AvgIpc) is 2.88. The fourth-order valence-electron chi connectivity index (χ4n) is 3.08. The molecule has 36 heavy (non-hydrogen) atoms. The van der Waals surface area contributed by atoms with Gasteiger partial charge in [-0.2, -0.15) is 5.10 Å². The first-order chi connectivity index (χ1) is 17.4. The maximum absolute atomic E-state index is 12.6. The summed E-state index contributed by atoms with van der Waals surface area (Å²) >= 11 is 3.40. The van der Waals surface area contributed by atoms with Gasteiger partial charge in [0.25, 0.3) is 5.91 Å². The standard InChI is InChI=1S/C28H29BrN2O5/c1-4-15-34-24-12-7-21(8-13-24)28(33)36-26-14-9-23(29)16-22(26)17-30-31-27(32)18-35-25-10-5-20(6-11-25)19(2)3/h5-14,16-17,19H,4,15,18H2,1-3H3,(H,31,32). The Morgan fingerprint density at radius 2 is 1.64 bits per heavy atom. The lowest BCUT2D eigenvalue weighted by molar-refractivity contribution is -0.123. The lowest BCUT2D eigenvalue weighted by Crippen LogP contribution is -2.24. The van der Waals surface area contributed by atoms with Crippen LogP contribution in [0.3, 0.4) is 0 Å². The molecular formula is C28H29BrN2O5. The third kappa shape index (κ3) is 8.23. The zero-order valence-corrected chi connectivity index (χ0v) is 22.1. The van der Waals surface area contributed by atoms with Crippen molar-refractivity contribution in [3.05, 3.63) is 87.9 Å². The first kappa shape index (κ1) is 26.9. The predicted octanol–water partition coefficient (Wildman–Crippen LogP) is 6.11. The molecule has 3 aromatic rings. The minimum atomic E-state index is -0.519. The normalized spacial score (nSPS) is 10.9. The smallest absolute Gasteiger partial charge is 0.343 e. The van der Waals surface area contributed by atoms with Gasteiger partial charge in [0.15, 0.2) is 6.61 Å². The van der Waals surface area contributed by atoms with Gasteiger partial charge in [-0.3, -0.25) is 4.79 Å². The number of ether oxygens (including phenoxy) is 3. The lowest BCUT2D eigenvalue weighted by Gasteiger charge is -2.09. The summed E-state index contributed by atoms with van der Waals surface area (Å²) in [5.74, 6) is 1.08. The molecule has 0 bridgehead atoms. The summed E-state index contributed by atoms with van der Waals surface area (Å²) in [4.78, 5) is 24.8. The number of nitrogens with zero attached hydrogens (tertiary/aromatic N) is 1. The van der Waals surface area contributed by atoms with Gasteiger partial charge in [0.1, 0.15) is 17.2 Å². The van der Waals surface area contributed by atoms with Crippen LogP contribution in [0.25, 0.3) is 0 Å². The van der Waals surface area contributed by atoms with Crippen molar-refractivity contribution in [2.45, 2.75) is 33.1 Å². The third-order valence-corrected chi connectivity index (χ3v) is 5.54. The number of esters is 1. The summed E-state index contributed by atoms with van der Waals surface area (Å²) in [5, 5.41) is 3.98. The van der Waals surface area contributed by atoms with Crippen molar-refractivity contribution in [1.29, 1.82) is 0 Å². The summed E-state index contributed by atoms with van der Waals surface area (Å²) in [6.07, 6.45) is 2.31. The molecule has 0 aliphatic rings. The lowest BCUT2D eigenvalue weighted by atomic mass is 10.0. The van der Waals surface area contributed by atoms with Gasteiger partial charge in [0.05, 0.1) is 18.4 Å². The topological polar surface area (TPSA) is 86.2 Å². The van der Waals surface area contributed by atoms with E-state index >= 15 is 0 Å². The van der Waals surface area contributed by atoms with Crippen molar-refractivity contribution in [2.75, 3.05) is 13.2 Å². The van der Waals surface area contributed by atoms with Crippen LogP contribution in [0.4, 0.5) is 0 Å². The minimum absolute atomic E-state index is 0.184. The predicted molar refractivity (Wildman–Crippen MR) is 143 cm³/mol. The Kier molecular flexibility index (Phi) is 10.1. The van der Waals surface area contributed by atoms with E-state index in [2.05, 4.69) is 40.3 Å². The van der Waals surface area contributed by atoms with Crippen molar-refractivity contribution < 1.29 is 23.8 Å². The first-order valence-corrected chi connectivity index (χ1v) is 12.4. The molecule has 0 fully saturated rings. The van der Waals surface area contributed by atoms with Crippen molar-refractivity contribution in [3.63, 3.8) is 0 Å². The van der Waals surface area contributed by atoms with Crippen LogP contribution in [0.15, 0.2) is 76.3 Å². The van der Waals surface area contributed by atoms with E-state index in [0.717, 1.165) is 10.9 Å². The fraction of sp³-hybridized carbons (Fsp3) is 0.250. The van der Waals surface area contributed by atoms with Crippen molar-refractivity contribution >= 4 is 34.0 Å². The second-order valence-electron chi connectivity index (χ2n) is 8.25. The molecule has 3 aromatic carbocycles. The first-order valence-electron chi connectivity index (χ1n) is 11.6. The fourth-order valence-corrected chi connectivity index (χ4v) is 3.46. The molecule has 7 nitrogen and oxygen atoms in total. The van der Waals surface area contributed by atoms with Crippen LogP contribution in [0.5, 0.6) is 17.2 Å². The van der Waals surface area contributed by atoms with Gasteiger partial charge in [0.2, 0.25) is 0 Å². The van der Waals surface area contributed by atoms with E-state index in [9.17, 15) is 9.59 Å². The molecule has 8 heteroatoms. The monoisotopic (exact) mass is 552 g/mol. The number of hydrazone groups is 1. The SMILES string of the molecule is CCCOc1ccc(C(=O)Oc2ccc(Br)cc2C=NNC(=O)COc2ccc(C(C)C)cc2)cc1. The van der Waals surface area contributed by atoms with Crippen LogP contribution in [-0.4, -0.2) is 31.3 Å². The second-order valence-corrected chi connectivity index (χ2v) is 9.17. The van der Waals surface area contributed by atoms with Gasteiger partial charge in [-0.05, 0) is 72.5 Å². The summed E-state index contributed by atoms with van der Waals surface area (Å²) < 4.78 is 17.4. The number of hydrogen-bond acceptors (Lipinski definition) is 6. The quantitative estimate of drug-likeness (QED) is 0.134. The second kappa shape index (κ2) is 13.4. The molecule has 188 valence electrons. The van der Waals surface area contributed by atoms with Crippen LogP contribution in [0, 0.1) is 0 Å². The molecule has 1 N–H and O–H groups in total. The van der Waals surface area contributed by atoms with Gasteiger partial charge in [-0.15, -0.1) is 0 Å². The van der Waals surface area contributed by atoms with Crippen LogP contribution in [0.1, 0.15) is 54.6 Å². The zero-order chi connectivity index (χ0) is 25.9. The molecule has 0 atom stereocenters. The van der Waals surface area contributed by atoms with Crippen molar-refractivity contribution in [2.24, 2.45) is 5.10 Å². The Morgan fingerprint density at radius 3 is 2.31 bits per heavy atom. The van der Waals surface area contributed by atoms with E-state index in [1.165, 1.54) is 11.8 Å². The minimum Gasteiger partial charge on any atom is -0.494 e. The van der Waals surface area contributed by atoms with Crippen molar-refractivity contribution in [1.82, 2.24) is 5.43 Å². The van der Waals surface area contributed by atoms with E-state index in [1.54, 1.807) is 42.5 Å². The highest BCUT2D eigenvalue weighted by molar-refractivity contribution is 9.10. The molecule has 0 saturated carbocycles. The Bertz CT molecular complexity index is 1190. The molecule has 0 radical (unpaired) electrons. The summed E-state index contributed by atoms with van der Waals surface area (Å²) in [6.45, 7) is 6.67. The largest absolute Gasteiger partial charge is 0.494 e. The summed E-state index contributed by atoms with van der Waals surface area (Å²) in [5.41, 5.74) is 4.51. The molecule has 0 aliphatic heterocycles. The zero-order valence-electron chi connectivity index (χ0n) is 20.5. The number of carbonyl (C=O) groups is 2. The molecule has 3 rings (SSSR count). The van der Waals surface area contributed by atoms with Crippen LogP contribution < -0.4 is 19.6 Å². The van der Waals surface area contributed by atoms with Gasteiger partial charge in [-0.25, -0.2) is 10.2 Å². The van der Waals surface area contributed by atoms with E-state index in [0.29, 0.717) is 40.9 Å². The number of halogens is 1. The number of carbonyl (C=O) groups excluding carboxylic acids is 2. The van der Waals surface area contributed by atoms with Crippen molar-refractivity contribution in [3.8, 4) is 17.2 Å². The maximum Gasteiger partial charge on any atom is 0.343 e.